The van der Waals surface area contributed by atoms with E-state index in [-0.39, 0.29) is 36.8 Å². The minimum absolute atomic E-state index is 0. The maximum atomic E-state index is 13.1. The summed E-state index contributed by atoms with van der Waals surface area (Å²) < 4.78 is 13.1. The van der Waals surface area contributed by atoms with Gasteiger partial charge in [0, 0.05) is 25.3 Å². The molecule has 3 rings (SSSR count). The molecule has 0 spiro atoms. The Kier molecular flexibility index (Phi) is 6.38. The Hall–Kier alpha value is -0.910. The smallest absolute Gasteiger partial charge is 0.255 e. The summed E-state index contributed by atoms with van der Waals surface area (Å²) in [4.78, 5) is 17.9. The number of likely N-dealkylation sites (tertiary alicyclic amines) is 1. The minimum Gasteiger partial charge on any atom is -0.338 e. The van der Waals surface area contributed by atoms with E-state index in [1.807, 2.05) is 0 Å². The average Bonchev–Trinajstić information content (AvgIpc) is 2.83. The molecule has 3 unspecified atom stereocenters. The zero-order chi connectivity index (χ0) is 13.4. The number of hydrogen-bond donors (Lipinski definition) is 1. The highest BCUT2D eigenvalue weighted by Crippen LogP contribution is 2.35. The number of hydrogen-bond acceptors (Lipinski definition) is 3. The number of nitrogens with two attached hydrogens (primary N) is 1. The zero-order valence-corrected chi connectivity index (χ0v) is 13.2. The number of halogens is 3. The summed E-state index contributed by atoms with van der Waals surface area (Å²) in [5, 5.41) is 0. The van der Waals surface area contributed by atoms with Crippen molar-refractivity contribution >= 4 is 30.7 Å². The number of nitrogens with zero attached hydrogens (tertiary/aromatic N) is 2. The van der Waals surface area contributed by atoms with Crippen molar-refractivity contribution in [1.82, 2.24) is 9.88 Å². The van der Waals surface area contributed by atoms with Crippen LogP contribution in [0.3, 0.4) is 0 Å². The number of rotatable bonds is 1. The van der Waals surface area contributed by atoms with Gasteiger partial charge in [0.25, 0.3) is 5.91 Å². The number of carbonyl (C=O) groups excluding carboxylic acids is 1. The summed E-state index contributed by atoms with van der Waals surface area (Å²) in [6, 6.07) is 1.44. The van der Waals surface area contributed by atoms with Gasteiger partial charge in [-0.1, -0.05) is 6.42 Å². The van der Waals surface area contributed by atoms with Gasteiger partial charge in [-0.05, 0) is 30.7 Å². The molecule has 0 radical (unpaired) electrons. The second-order valence-electron chi connectivity index (χ2n) is 5.62. The van der Waals surface area contributed by atoms with E-state index >= 15 is 0 Å². The molecule has 0 bridgehead atoms. The molecule has 1 aromatic rings. The number of amides is 1. The van der Waals surface area contributed by atoms with E-state index in [0.717, 1.165) is 32.0 Å². The molecule has 2 fully saturated rings. The first-order valence-electron chi connectivity index (χ1n) is 6.80. The van der Waals surface area contributed by atoms with Crippen molar-refractivity contribution < 1.29 is 9.18 Å². The second kappa shape index (κ2) is 7.38. The average molecular weight is 336 g/mol. The molecule has 1 aromatic heterocycles. The van der Waals surface area contributed by atoms with Gasteiger partial charge < -0.3 is 10.6 Å². The van der Waals surface area contributed by atoms with Gasteiger partial charge in [0.15, 0.2) is 0 Å². The number of pyridine rings is 1. The van der Waals surface area contributed by atoms with Crippen LogP contribution < -0.4 is 5.73 Å². The summed E-state index contributed by atoms with van der Waals surface area (Å²) in [7, 11) is 0. The normalized spacial score (nSPS) is 27.3. The van der Waals surface area contributed by atoms with E-state index in [1.165, 1.54) is 12.3 Å². The van der Waals surface area contributed by atoms with Crippen LogP contribution in [-0.2, 0) is 0 Å². The molecule has 1 amide bonds. The predicted octanol–water partition coefficient (Wildman–Crippen LogP) is 2.26. The fourth-order valence-electron chi connectivity index (χ4n) is 3.39. The first-order valence-corrected chi connectivity index (χ1v) is 6.80. The molecule has 1 aliphatic carbocycles. The highest BCUT2D eigenvalue weighted by Gasteiger charge is 2.40. The van der Waals surface area contributed by atoms with Crippen molar-refractivity contribution in [1.29, 1.82) is 0 Å². The van der Waals surface area contributed by atoms with E-state index in [9.17, 15) is 9.18 Å². The van der Waals surface area contributed by atoms with Crippen LogP contribution in [0, 0.1) is 17.7 Å². The number of aromatic nitrogens is 1. The molecular formula is C14H20Cl2FN3O. The second-order valence-corrected chi connectivity index (χ2v) is 5.62. The van der Waals surface area contributed by atoms with Crippen LogP contribution in [0.4, 0.5) is 4.39 Å². The van der Waals surface area contributed by atoms with Crippen molar-refractivity contribution in [3.8, 4) is 0 Å². The van der Waals surface area contributed by atoms with Crippen LogP contribution in [0.1, 0.15) is 29.6 Å². The Bertz CT molecular complexity index is 503. The molecule has 4 nitrogen and oxygen atoms in total. The maximum Gasteiger partial charge on any atom is 0.255 e. The fourth-order valence-corrected chi connectivity index (χ4v) is 3.39. The van der Waals surface area contributed by atoms with Crippen LogP contribution in [0.15, 0.2) is 18.5 Å². The van der Waals surface area contributed by atoms with Crippen LogP contribution in [-0.4, -0.2) is 34.9 Å². The molecule has 1 aliphatic heterocycles. The van der Waals surface area contributed by atoms with Crippen molar-refractivity contribution in [3.05, 3.63) is 29.8 Å². The van der Waals surface area contributed by atoms with Gasteiger partial charge in [-0.2, -0.15) is 0 Å². The molecule has 3 atom stereocenters. The Balaban J connectivity index is 0.00000110. The van der Waals surface area contributed by atoms with Crippen molar-refractivity contribution in [2.45, 2.75) is 25.3 Å². The molecule has 1 saturated heterocycles. The summed E-state index contributed by atoms with van der Waals surface area (Å²) in [5.41, 5.74) is 6.46. The molecule has 2 aliphatic rings. The van der Waals surface area contributed by atoms with Crippen molar-refractivity contribution in [2.24, 2.45) is 17.6 Å². The van der Waals surface area contributed by atoms with Crippen molar-refractivity contribution in [3.63, 3.8) is 0 Å². The van der Waals surface area contributed by atoms with Gasteiger partial charge in [0.05, 0.1) is 11.8 Å². The molecule has 0 aromatic carbocycles. The Morgan fingerprint density at radius 2 is 2.05 bits per heavy atom. The predicted molar refractivity (Wildman–Crippen MR) is 83.4 cm³/mol. The standard InChI is InChI=1S/C14H18FN3O.2ClH/c15-11-4-10(5-17-6-11)14(19)18-7-9-2-1-3-13(16)12(9)8-18;;/h4-6,9,12-13H,1-3,7-8,16H2;2*1H. The molecule has 2 heterocycles. The minimum atomic E-state index is -0.473. The molecule has 7 heteroatoms. The number of carbonyl (C=O) groups is 1. The summed E-state index contributed by atoms with van der Waals surface area (Å²) >= 11 is 0. The highest BCUT2D eigenvalue weighted by atomic mass is 35.5. The monoisotopic (exact) mass is 335 g/mol. The number of fused-ring (bicyclic) bond motifs is 1. The fraction of sp³-hybridized carbons (Fsp3) is 0.571. The lowest BCUT2D eigenvalue weighted by atomic mass is 9.78. The van der Waals surface area contributed by atoms with Gasteiger partial charge in [0.1, 0.15) is 5.82 Å². The Morgan fingerprint density at radius 1 is 1.29 bits per heavy atom. The van der Waals surface area contributed by atoms with Gasteiger partial charge in [-0.25, -0.2) is 4.39 Å². The molecule has 1 saturated carbocycles. The maximum absolute atomic E-state index is 13.1. The lowest BCUT2D eigenvalue weighted by Gasteiger charge is -2.29. The van der Waals surface area contributed by atoms with Gasteiger partial charge in [0.2, 0.25) is 0 Å². The van der Waals surface area contributed by atoms with E-state index in [0.29, 0.717) is 23.9 Å². The molecule has 21 heavy (non-hydrogen) atoms. The summed E-state index contributed by atoms with van der Waals surface area (Å²) in [5.74, 6) is 0.307. The highest BCUT2D eigenvalue weighted by molar-refractivity contribution is 5.94. The quantitative estimate of drug-likeness (QED) is 0.856. The van der Waals surface area contributed by atoms with E-state index in [2.05, 4.69) is 4.98 Å². The largest absolute Gasteiger partial charge is 0.338 e. The van der Waals surface area contributed by atoms with Crippen LogP contribution in [0.5, 0.6) is 0 Å². The van der Waals surface area contributed by atoms with Gasteiger partial charge in [-0.15, -0.1) is 24.8 Å². The zero-order valence-electron chi connectivity index (χ0n) is 11.6. The van der Waals surface area contributed by atoms with Crippen LogP contribution in [0.2, 0.25) is 0 Å². The molecule has 2 N–H and O–H groups in total. The van der Waals surface area contributed by atoms with Gasteiger partial charge >= 0.3 is 0 Å². The third-order valence-corrected chi connectivity index (χ3v) is 4.39. The lowest BCUT2D eigenvalue weighted by molar-refractivity contribution is 0.0782. The molecule has 118 valence electrons. The Morgan fingerprint density at radius 3 is 2.71 bits per heavy atom. The van der Waals surface area contributed by atoms with Crippen LogP contribution >= 0.6 is 24.8 Å². The van der Waals surface area contributed by atoms with Crippen LogP contribution in [0.25, 0.3) is 0 Å². The lowest BCUT2D eigenvalue weighted by Crippen LogP contribution is -2.38. The van der Waals surface area contributed by atoms with E-state index < -0.39 is 5.82 Å². The van der Waals surface area contributed by atoms with E-state index in [1.54, 1.807) is 4.90 Å². The van der Waals surface area contributed by atoms with E-state index in [4.69, 9.17) is 5.73 Å². The van der Waals surface area contributed by atoms with Crippen molar-refractivity contribution in [2.75, 3.05) is 13.1 Å². The third-order valence-electron chi connectivity index (χ3n) is 4.39. The topological polar surface area (TPSA) is 59.2 Å². The first kappa shape index (κ1) is 18.1. The van der Waals surface area contributed by atoms with Gasteiger partial charge in [-0.3, -0.25) is 9.78 Å². The molecular weight excluding hydrogens is 316 g/mol. The Labute approximate surface area is 136 Å². The third kappa shape index (κ3) is 3.65. The summed E-state index contributed by atoms with van der Waals surface area (Å²) in [6.07, 6.45) is 5.86. The SMILES string of the molecule is Cl.Cl.NC1CCCC2CN(C(=O)c3cncc(F)c3)CC12. The first-order chi connectivity index (χ1) is 9.15. The summed E-state index contributed by atoms with van der Waals surface area (Å²) in [6.45, 7) is 1.44.